The van der Waals surface area contributed by atoms with Crippen LogP contribution in [0.1, 0.15) is 30.1 Å². The van der Waals surface area contributed by atoms with Gasteiger partial charge in [0.25, 0.3) is 10.2 Å². The lowest BCUT2D eigenvalue weighted by Crippen LogP contribution is -2.45. The van der Waals surface area contributed by atoms with Crippen LogP contribution in [0.4, 0.5) is 4.39 Å². The minimum absolute atomic E-state index is 0.205. The average Bonchev–Trinajstić information content (AvgIpc) is 3.38. The second-order valence-electron chi connectivity index (χ2n) is 7.70. The van der Waals surface area contributed by atoms with Crippen molar-refractivity contribution in [3.8, 4) is 5.00 Å². The molecule has 1 aliphatic rings. The summed E-state index contributed by atoms with van der Waals surface area (Å²) < 4.78 is 44.1. The first kappa shape index (κ1) is 21.9. The second kappa shape index (κ2) is 8.65. The number of aromatic nitrogens is 3. The van der Waals surface area contributed by atoms with Gasteiger partial charge in [-0.3, -0.25) is 0 Å². The van der Waals surface area contributed by atoms with Crippen LogP contribution in [-0.2, 0) is 16.8 Å². The van der Waals surface area contributed by atoms with Crippen LogP contribution >= 0.6 is 11.3 Å². The number of thiophene rings is 1. The van der Waals surface area contributed by atoms with E-state index in [9.17, 15) is 17.6 Å². The number of hydrogen-bond donors (Lipinski definition) is 0. The topological polar surface area (TPSA) is 80.4 Å². The van der Waals surface area contributed by atoms with Gasteiger partial charge in [-0.2, -0.15) is 22.1 Å². The van der Waals surface area contributed by atoms with Gasteiger partial charge < -0.3 is 0 Å². The first-order valence-electron chi connectivity index (χ1n) is 9.93. The van der Waals surface area contributed by atoms with Crippen LogP contribution in [0.25, 0.3) is 5.00 Å². The van der Waals surface area contributed by atoms with Gasteiger partial charge in [0.1, 0.15) is 16.6 Å². The Balaban J connectivity index is 1.72. The Morgan fingerprint density at radius 2 is 1.97 bits per heavy atom. The van der Waals surface area contributed by atoms with Crippen molar-refractivity contribution in [2.45, 2.75) is 25.3 Å². The molecule has 1 fully saturated rings. The van der Waals surface area contributed by atoms with E-state index in [1.807, 2.05) is 17.5 Å². The van der Waals surface area contributed by atoms with Gasteiger partial charge >= 0.3 is 5.69 Å². The van der Waals surface area contributed by atoms with E-state index < -0.39 is 10.2 Å². The van der Waals surface area contributed by atoms with Gasteiger partial charge in [0.15, 0.2) is 0 Å². The van der Waals surface area contributed by atoms with Crippen molar-refractivity contribution < 1.29 is 12.8 Å². The molecule has 8 nitrogen and oxygen atoms in total. The summed E-state index contributed by atoms with van der Waals surface area (Å²) in [5.41, 5.74) is 0.459. The van der Waals surface area contributed by atoms with Gasteiger partial charge in [0.05, 0.1) is 6.54 Å². The monoisotopic (exact) mass is 465 g/mol. The highest BCUT2D eigenvalue weighted by molar-refractivity contribution is 7.86. The summed E-state index contributed by atoms with van der Waals surface area (Å²) in [4.78, 5) is 13.2. The van der Waals surface area contributed by atoms with E-state index in [1.165, 1.54) is 50.9 Å². The molecule has 4 rings (SSSR count). The minimum Gasteiger partial charge on any atom is -0.246 e. The summed E-state index contributed by atoms with van der Waals surface area (Å²) in [5.74, 6) is -0.00809. The van der Waals surface area contributed by atoms with Crippen LogP contribution < -0.4 is 5.69 Å². The molecule has 3 heterocycles. The van der Waals surface area contributed by atoms with Gasteiger partial charge in [0.2, 0.25) is 0 Å². The van der Waals surface area contributed by atoms with Crippen molar-refractivity contribution in [2.24, 2.45) is 0 Å². The van der Waals surface area contributed by atoms with Crippen molar-refractivity contribution in [2.75, 3.05) is 27.2 Å². The highest BCUT2D eigenvalue weighted by atomic mass is 32.2. The summed E-state index contributed by atoms with van der Waals surface area (Å²) in [6.07, 6.45) is 1.42. The van der Waals surface area contributed by atoms with Crippen LogP contribution in [0, 0.1) is 5.82 Å². The molecule has 31 heavy (non-hydrogen) atoms. The molecule has 3 aromatic rings. The molecule has 0 saturated carbocycles. The Labute approximate surface area is 184 Å². The Morgan fingerprint density at radius 3 is 2.61 bits per heavy atom. The van der Waals surface area contributed by atoms with Crippen LogP contribution in [0.5, 0.6) is 0 Å². The molecule has 1 aromatic carbocycles. The highest BCUT2D eigenvalue weighted by Gasteiger charge is 2.34. The Morgan fingerprint density at radius 1 is 1.23 bits per heavy atom. The van der Waals surface area contributed by atoms with Crippen molar-refractivity contribution >= 4 is 21.5 Å². The van der Waals surface area contributed by atoms with Gasteiger partial charge in [-0.15, -0.1) is 11.3 Å². The quantitative estimate of drug-likeness (QED) is 0.559. The molecule has 1 unspecified atom stereocenters. The van der Waals surface area contributed by atoms with Crippen LogP contribution in [0.15, 0.2) is 46.6 Å². The number of nitrogens with zero attached hydrogens (tertiary/aromatic N) is 5. The van der Waals surface area contributed by atoms with E-state index in [0.717, 1.165) is 17.0 Å². The van der Waals surface area contributed by atoms with E-state index in [0.29, 0.717) is 18.8 Å². The molecular weight excluding hydrogens is 441 g/mol. The highest BCUT2D eigenvalue weighted by Crippen LogP contribution is 2.29. The number of rotatable bonds is 6. The Hall–Kier alpha value is -2.34. The van der Waals surface area contributed by atoms with Crippen molar-refractivity contribution in [3.63, 3.8) is 0 Å². The average molecular weight is 466 g/mol. The molecule has 0 amide bonds. The minimum atomic E-state index is -3.55. The third-order valence-electron chi connectivity index (χ3n) is 5.37. The van der Waals surface area contributed by atoms with Crippen LogP contribution in [0.2, 0.25) is 0 Å². The molecular formula is C20H24FN5O3S2. The van der Waals surface area contributed by atoms with Crippen molar-refractivity contribution in [1.82, 2.24) is 23.0 Å². The molecule has 0 bridgehead atoms. The summed E-state index contributed by atoms with van der Waals surface area (Å²) in [7, 11) is -0.528. The van der Waals surface area contributed by atoms with Crippen LogP contribution in [-0.4, -0.2) is 58.6 Å². The van der Waals surface area contributed by atoms with Gasteiger partial charge in [-0.1, -0.05) is 12.1 Å². The summed E-state index contributed by atoms with van der Waals surface area (Å²) in [6.45, 7) is 0.909. The predicted molar refractivity (Wildman–Crippen MR) is 117 cm³/mol. The van der Waals surface area contributed by atoms with E-state index in [4.69, 9.17) is 0 Å². The van der Waals surface area contributed by atoms with Crippen molar-refractivity contribution in [3.05, 3.63) is 69.5 Å². The van der Waals surface area contributed by atoms with Crippen LogP contribution in [0.3, 0.4) is 0 Å². The number of halogens is 1. The van der Waals surface area contributed by atoms with E-state index in [1.54, 1.807) is 16.7 Å². The molecule has 0 spiro atoms. The number of hydrogen-bond acceptors (Lipinski definition) is 5. The largest absolute Gasteiger partial charge is 0.351 e. The zero-order chi connectivity index (χ0) is 22.2. The second-order valence-corrected chi connectivity index (χ2v) is 10.8. The fourth-order valence-corrected chi connectivity index (χ4v) is 5.67. The maximum absolute atomic E-state index is 13.2. The molecule has 11 heteroatoms. The maximum atomic E-state index is 13.2. The standard InChI is InChI=1S/C20H24FN5O3S2/c1-23(2)31(28,29)24-11-3-5-16(14-24)19-22-25(13-15-7-9-17(21)10-8-15)20(27)26(19)18-6-4-12-30-18/h4,6-10,12,16H,3,5,11,13-14H2,1-2H3. The molecule has 2 aromatic heterocycles. The smallest absolute Gasteiger partial charge is 0.246 e. The third kappa shape index (κ3) is 4.36. The molecule has 0 radical (unpaired) electrons. The fraction of sp³-hybridized carbons (Fsp3) is 0.400. The summed E-state index contributed by atoms with van der Waals surface area (Å²) in [5, 5.41) is 7.23. The normalized spacial score (nSPS) is 18.0. The Bertz CT molecular complexity index is 1200. The third-order valence-corrected chi connectivity index (χ3v) is 8.13. The lowest BCUT2D eigenvalue weighted by molar-refractivity contribution is 0.291. The Kier molecular flexibility index (Phi) is 6.11. The molecule has 1 aliphatic heterocycles. The lowest BCUT2D eigenvalue weighted by atomic mass is 9.99. The molecule has 1 saturated heterocycles. The molecule has 0 N–H and O–H groups in total. The molecule has 1 atom stereocenters. The zero-order valence-electron chi connectivity index (χ0n) is 17.3. The number of benzene rings is 1. The lowest BCUT2D eigenvalue weighted by Gasteiger charge is -2.32. The van der Waals surface area contributed by atoms with Gasteiger partial charge in [0, 0.05) is 33.1 Å². The van der Waals surface area contributed by atoms with Gasteiger partial charge in [-0.25, -0.2) is 18.4 Å². The fourth-order valence-electron chi connectivity index (χ4n) is 3.75. The SMILES string of the molecule is CN(C)S(=O)(=O)N1CCCC(c2nn(Cc3ccc(F)cc3)c(=O)n2-c2cccs2)C1. The maximum Gasteiger partial charge on any atom is 0.351 e. The summed E-state index contributed by atoms with van der Waals surface area (Å²) >= 11 is 1.42. The summed E-state index contributed by atoms with van der Waals surface area (Å²) in [6, 6.07) is 9.65. The first-order chi connectivity index (χ1) is 14.8. The number of piperidine rings is 1. The zero-order valence-corrected chi connectivity index (χ0v) is 18.9. The first-order valence-corrected chi connectivity index (χ1v) is 12.2. The van der Waals surface area contributed by atoms with E-state index in [-0.39, 0.29) is 30.5 Å². The molecule has 0 aliphatic carbocycles. The van der Waals surface area contributed by atoms with E-state index >= 15 is 0 Å². The van der Waals surface area contributed by atoms with Gasteiger partial charge in [-0.05, 0) is 48.1 Å². The van der Waals surface area contributed by atoms with Crippen molar-refractivity contribution in [1.29, 1.82) is 0 Å². The van der Waals surface area contributed by atoms with E-state index in [2.05, 4.69) is 5.10 Å². The molecule has 166 valence electrons. The predicted octanol–water partition coefficient (Wildman–Crippen LogP) is 2.27.